The summed E-state index contributed by atoms with van der Waals surface area (Å²) in [5, 5.41) is 9.60. The number of nitrogens with one attached hydrogen (secondary N) is 1. The largest absolute Gasteiger partial charge is 0.304 e. The normalized spacial score (nSPS) is 10.2. The molecule has 17 heavy (non-hydrogen) atoms. The van der Waals surface area contributed by atoms with Gasteiger partial charge in [0.2, 0.25) is 0 Å². The Hall–Kier alpha value is -2.24. The van der Waals surface area contributed by atoms with Gasteiger partial charge in [-0.15, -0.1) is 0 Å². The standard InChI is InChI=1S/C11H11FN4O/c1-2-16(10-6-4-3-5-8(10)12)11(17)9-7-13-15-14-9/h3-7H,2H2,1H3,(H,13,14,15). The van der Waals surface area contributed by atoms with Crippen molar-refractivity contribution in [3.8, 4) is 0 Å². The van der Waals surface area contributed by atoms with Crippen LogP contribution in [0.4, 0.5) is 10.1 Å². The van der Waals surface area contributed by atoms with Crippen LogP contribution in [0.15, 0.2) is 30.5 Å². The molecule has 0 unspecified atom stereocenters. The van der Waals surface area contributed by atoms with Gasteiger partial charge in [0.05, 0.1) is 11.9 Å². The maximum absolute atomic E-state index is 13.6. The van der Waals surface area contributed by atoms with Crippen molar-refractivity contribution in [2.45, 2.75) is 6.92 Å². The SMILES string of the molecule is CCN(C(=O)c1cn[nH]n1)c1ccccc1F. The van der Waals surface area contributed by atoms with Crippen LogP contribution in [0.1, 0.15) is 17.4 Å². The van der Waals surface area contributed by atoms with Crippen LogP contribution in [-0.2, 0) is 0 Å². The highest BCUT2D eigenvalue weighted by molar-refractivity contribution is 6.04. The number of nitrogens with zero attached hydrogens (tertiary/aromatic N) is 3. The summed E-state index contributed by atoms with van der Waals surface area (Å²) in [6.45, 7) is 2.12. The third-order valence-corrected chi connectivity index (χ3v) is 2.34. The van der Waals surface area contributed by atoms with Gasteiger partial charge in [-0.1, -0.05) is 12.1 Å². The molecule has 0 aliphatic heterocycles. The predicted octanol–water partition coefficient (Wildman–Crippen LogP) is 1.61. The first-order valence-corrected chi connectivity index (χ1v) is 5.16. The number of aromatic nitrogens is 3. The third-order valence-electron chi connectivity index (χ3n) is 2.34. The molecule has 0 aliphatic rings. The Kier molecular flexibility index (Phi) is 3.13. The summed E-state index contributed by atoms with van der Waals surface area (Å²) < 4.78 is 13.6. The van der Waals surface area contributed by atoms with Gasteiger partial charge in [0.25, 0.3) is 5.91 Å². The van der Waals surface area contributed by atoms with E-state index in [1.807, 2.05) is 0 Å². The lowest BCUT2D eigenvalue weighted by atomic mass is 10.2. The molecule has 0 fully saturated rings. The number of anilines is 1. The molecule has 1 N–H and O–H groups in total. The fourth-order valence-corrected chi connectivity index (χ4v) is 1.54. The zero-order valence-electron chi connectivity index (χ0n) is 9.22. The molecule has 0 aliphatic carbocycles. The third kappa shape index (κ3) is 2.15. The van der Waals surface area contributed by atoms with Crippen LogP contribution in [0.5, 0.6) is 0 Å². The zero-order chi connectivity index (χ0) is 12.3. The van der Waals surface area contributed by atoms with Crippen LogP contribution in [0.2, 0.25) is 0 Å². The monoisotopic (exact) mass is 234 g/mol. The van der Waals surface area contributed by atoms with Crippen molar-refractivity contribution in [1.82, 2.24) is 15.4 Å². The number of rotatable bonds is 3. The fourth-order valence-electron chi connectivity index (χ4n) is 1.54. The number of halogens is 1. The number of benzene rings is 1. The van der Waals surface area contributed by atoms with Crippen molar-refractivity contribution in [2.75, 3.05) is 11.4 Å². The van der Waals surface area contributed by atoms with E-state index in [1.165, 1.54) is 17.2 Å². The molecule has 0 atom stereocenters. The number of hydrogen-bond donors (Lipinski definition) is 1. The number of amides is 1. The molecular formula is C11H11FN4O. The van der Waals surface area contributed by atoms with Crippen molar-refractivity contribution in [3.05, 3.63) is 42.0 Å². The number of aromatic amines is 1. The van der Waals surface area contributed by atoms with Gasteiger partial charge < -0.3 is 4.90 Å². The van der Waals surface area contributed by atoms with Gasteiger partial charge in [-0.2, -0.15) is 15.4 Å². The van der Waals surface area contributed by atoms with Gasteiger partial charge in [0.15, 0.2) is 5.69 Å². The summed E-state index contributed by atoms with van der Waals surface area (Å²) in [4.78, 5) is 13.3. The lowest BCUT2D eigenvalue weighted by Crippen LogP contribution is -2.31. The van der Waals surface area contributed by atoms with Gasteiger partial charge in [0.1, 0.15) is 5.82 Å². The molecule has 0 saturated carbocycles. The van der Waals surface area contributed by atoms with Crippen molar-refractivity contribution < 1.29 is 9.18 Å². The van der Waals surface area contributed by atoms with E-state index in [-0.39, 0.29) is 17.3 Å². The average Bonchev–Trinajstić information content (AvgIpc) is 2.86. The second-order valence-electron chi connectivity index (χ2n) is 3.36. The van der Waals surface area contributed by atoms with E-state index in [0.717, 1.165) is 0 Å². The highest BCUT2D eigenvalue weighted by Gasteiger charge is 2.20. The first-order valence-electron chi connectivity index (χ1n) is 5.16. The van der Waals surface area contributed by atoms with E-state index in [4.69, 9.17) is 0 Å². The molecule has 0 spiro atoms. The molecule has 0 saturated heterocycles. The molecule has 1 aromatic heterocycles. The minimum atomic E-state index is -0.439. The Morgan fingerprint density at radius 1 is 1.47 bits per heavy atom. The quantitative estimate of drug-likeness (QED) is 0.877. The molecule has 5 nitrogen and oxygen atoms in total. The summed E-state index contributed by atoms with van der Waals surface area (Å²) in [7, 11) is 0. The second-order valence-corrected chi connectivity index (χ2v) is 3.36. The summed E-state index contributed by atoms with van der Waals surface area (Å²) in [5.74, 6) is -0.822. The Morgan fingerprint density at radius 3 is 2.82 bits per heavy atom. The lowest BCUT2D eigenvalue weighted by Gasteiger charge is -2.20. The van der Waals surface area contributed by atoms with Crippen LogP contribution in [0.3, 0.4) is 0 Å². The molecule has 2 aromatic rings. The fraction of sp³-hybridized carbons (Fsp3) is 0.182. The number of H-pyrrole nitrogens is 1. The Labute approximate surface area is 97.3 Å². The molecule has 2 rings (SSSR count). The van der Waals surface area contributed by atoms with Gasteiger partial charge in [-0.05, 0) is 19.1 Å². The smallest absolute Gasteiger partial charge is 0.280 e. The van der Waals surface area contributed by atoms with Crippen molar-refractivity contribution in [1.29, 1.82) is 0 Å². The molecule has 1 aromatic carbocycles. The summed E-state index contributed by atoms with van der Waals surface area (Å²) in [6, 6.07) is 6.12. The van der Waals surface area contributed by atoms with Gasteiger partial charge in [0, 0.05) is 6.54 Å². The first-order chi connectivity index (χ1) is 8.24. The number of hydrogen-bond acceptors (Lipinski definition) is 3. The van der Waals surface area contributed by atoms with Crippen LogP contribution in [0.25, 0.3) is 0 Å². The molecule has 0 bridgehead atoms. The predicted molar refractivity (Wildman–Crippen MR) is 60.1 cm³/mol. The Morgan fingerprint density at radius 2 is 2.24 bits per heavy atom. The van der Waals surface area contributed by atoms with Crippen LogP contribution >= 0.6 is 0 Å². The van der Waals surface area contributed by atoms with Crippen molar-refractivity contribution >= 4 is 11.6 Å². The van der Waals surface area contributed by atoms with Crippen LogP contribution in [-0.4, -0.2) is 27.9 Å². The molecule has 0 radical (unpaired) electrons. The minimum Gasteiger partial charge on any atom is -0.304 e. The van der Waals surface area contributed by atoms with E-state index in [0.29, 0.717) is 6.54 Å². The lowest BCUT2D eigenvalue weighted by molar-refractivity contribution is 0.0982. The average molecular weight is 234 g/mol. The summed E-state index contributed by atoms with van der Waals surface area (Å²) in [5.41, 5.74) is 0.401. The maximum Gasteiger partial charge on any atom is 0.280 e. The second kappa shape index (κ2) is 4.73. The van der Waals surface area contributed by atoms with Gasteiger partial charge >= 0.3 is 0 Å². The van der Waals surface area contributed by atoms with E-state index in [2.05, 4.69) is 15.4 Å². The van der Waals surface area contributed by atoms with E-state index >= 15 is 0 Å². The van der Waals surface area contributed by atoms with E-state index < -0.39 is 5.82 Å². The van der Waals surface area contributed by atoms with Crippen LogP contribution < -0.4 is 4.90 Å². The van der Waals surface area contributed by atoms with Gasteiger partial charge in [-0.3, -0.25) is 4.79 Å². The molecule has 6 heteroatoms. The molecule has 88 valence electrons. The highest BCUT2D eigenvalue weighted by Crippen LogP contribution is 2.19. The summed E-state index contributed by atoms with van der Waals surface area (Å²) in [6.07, 6.45) is 1.31. The van der Waals surface area contributed by atoms with Crippen LogP contribution in [0, 0.1) is 5.82 Å². The van der Waals surface area contributed by atoms with Crippen molar-refractivity contribution in [3.63, 3.8) is 0 Å². The van der Waals surface area contributed by atoms with Gasteiger partial charge in [-0.25, -0.2) is 4.39 Å². The van der Waals surface area contributed by atoms with E-state index in [1.54, 1.807) is 25.1 Å². The van der Waals surface area contributed by atoms with Crippen molar-refractivity contribution in [2.24, 2.45) is 0 Å². The number of para-hydroxylation sites is 1. The number of carbonyl (C=O) groups excluding carboxylic acids is 1. The zero-order valence-corrected chi connectivity index (χ0v) is 9.22. The first kappa shape index (κ1) is 11.3. The molecular weight excluding hydrogens is 223 g/mol. The minimum absolute atomic E-state index is 0.162. The number of carbonyl (C=O) groups is 1. The van der Waals surface area contributed by atoms with E-state index in [9.17, 15) is 9.18 Å². The molecule has 1 amide bonds. The Balaban J connectivity index is 2.35. The highest BCUT2D eigenvalue weighted by atomic mass is 19.1. The molecule has 1 heterocycles. The summed E-state index contributed by atoms with van der Waals surface area (Å²) >= 11 is 0. The maximum atomic E-state index is 13.6. The Bertz CT molecular complexity index is 512. The topological polar surface area (TPSA) is 61.9 Å².